The van der Waals surface area contributed by atoms with E-state index in [4.69, 9.17) is 0 Å². The molecule has 102 valence electrons. The molecule has 1 amide bonds. The maximum absolute atomic E-state index is 12.1. The summed E-state index contributed by atoms with van der Waals surface area (Å²) in [4.78, 5) is 18.8. The van der Waals surface area contributed by atoms with E-state index in [0.717, 1.165) is 51.0 Å². The summed E-state index contributed by atoms with van der Waals surface area (Å²) < 4.78 is 0. The lowest BCUT2D eigenvalue weighted by Crippen LogP contribution is -2.43. The van der Waals surface area contributed by atoms with Crippen LogP contribution in [0.5, 0.6) is 0 Å². The Kier molecular flexibility index (Phi) is 3.78. The van der Waals surface area contributed by atoms with Gasteiger partial charge in [-0.15, -0.1) is 0 Å². The number of nitrogens with one attached hydrogen (secondary N) is 1. The molecule has 4 nitrogen and oxygen atoms in total. The lowest BCUT2D eigenvalue weighted by molar-refractivity contribution is -0.126. The van der Waals surface area contributed by atoms with Crippen molar-refractivity contribution in [1.29, 1.82) is 0 Å². The second-order valence-corrected chi connectivity index (χ2v) is 5.68. The average molecular weight is 259 g/mol. The molecule has 1 aromatic rings. The quantitative estimate of drug-likeness (QED) is 0.892. The molecule has 2 heterocycles. The third-order valence-electron chi connectivity index (χ3n) is 3.91. The average Bonchev–Trinajstić information content (AvgIpc) is 3.24. The van der Waals surface area contributed by atoms with Gasteiger partial charge in [0.15, 0.2) is 0 Å². The minimum absolute atomic E-state index is 0.165. The van der Waals surface area contributed by atoms with Crippen LogP contribution in [0.3, 0.4) is 0 Å². The molecule has 1 saturated carbocycles. The maximum Gasteiger partial charge on any atom is 0.224 e. The molecule has 0 spiro atoms. The predicted molar refractivity (Wildman–Crippen MR) is 73.4 cm³/mol. The standard InChI is InChI=1S/C15H21N3O/c19-15(17-13-6-7-13)12-4-3-9-18(10-12)11-14-5-1-2-8-16-14/h1-2,5,8,12-13H,3-4,6-7,9-11H2,(H,17,19). The molecule has 1 aromatic heterocycles. The van der Waals surface area contributed by atoms with Gasteiger partial charge in [0.2, 0.25) is 5.91 Å². The highest BCUT2D eigenvalue weighted by molar-refractivity contribution is 5.79. The van der Waals surface area contributed by atoms with Crippen LogP contribution in [0, 0.1) is 5.92 Å². The van der Waals surface area contributed by atoms with Gasteiger partial charge in [0.25, 0.3) is 0 Å². The van der Waals surface area contributed by atoms with Crippen molar-refractivity contribution in [3.8, 4) is 0 Å². The number of hydrogen-bond donors (Lipinski definition) is 1. The fourth-order valence-corrected chi connectivity index (χ4v) is 2.68. The number of likely N-dealkylation sites (tertiary alicyclic amines) is 1. The van der Waals surface area contributed by atoms with Crippen molar-refractivity contribution in [3.05, 3.63) is 30.1 Å². The lowest BCUT2D eigenvalue weighted by atomic mass is 9.97. The zero-order chi connectivity index (χ0) is 13.1. The van der Waals surface area contributed by atoms with E-state index in [9.17, 15) is 4.79 Å². The highest BCUT2D eigenvalue weighted by Gasteiger charge is 2.30. The SMILES string of the molecule is O=C(NC1CC1)C1CCCN(Cc2ccccn2)C1. The summed E-state index contributed by atoms with van der Waals surface area (Å²) >= 11 is 0. The van der Waals surface area contributed by atoms with Crippen LogP contribution < -0.4 is 5.32 Å². The van der Waals surface area contributed by atoms with Crippen molar-refractivity contribution in [1.82, 2.24) is 15.2 Å². The van der Waals surface area contributed by atoms with Crippen LogP contribution >= 0.6 is 0 Å². The molecule has 1 N–H and O–H groups in total. The zero-order valence-electron chi connectivity index (χ0n) is 11.2. The third-order valence-corrected chi connectivity index (χ3v) is 3.91. The Labute approximate surface area is 114 Å². The van der Waals surface area contributed by atoms with Crippen LogP contribution in [0.4, 0.5) is 0 Å². The number of hydrogen-bond acceptors (Lipinski definition) is 3. The van der Waals surface area contributed by atoms with Crippen molar-refractivity contribution >= 4 is 5.91 Å². The van der Waals surface area contributed by atoms with E-state index in [-0.39, 0.29) is 11.8 Å². The second-order valence-electron chi connectivity index (χ2n) is 5.68. The summed E-state index contributed by atoms with van der Waals surface area (Å²) in [7, 11) is 0. The Morgan fingerprint density at radius 1 is 1.37 bits per heavy atom. The van der Waals surface area contributed by atoms with Gasteiger partial charge in [0.1, 0.15) is 0 Å². The van der Waals surface area contributed by atoms with Gasteiger partial charge in [-0.05, 0) is 44.4 Å². The van der Waals surface area contributed by atoms with E-state index in [2.05, 4.69) is 15.2 Å². The van der Waals surface area contributed by atoms with Gasteiger partial charge < -0.3 is 5.32 Å². The molecule has 0 aromatic carbocycles. The van der Waals surface area contributed by atoms with E-state index in [1.165, 1.54) is 0 Å². The van der Waals surface area contributed by atoms with Crippen molar-refractivity contribution < 1.29 is 4.79 Å². The molecule has 2 aliphatic rings. The highest BCUT2D eigenvalue weighted by Crippen LogP contribution is 2.22. The van der Waals surface area contributed by atoms with Gasteiger partial charge in [-0.25, -0.2) is 0 Å². The summed E-state index contributed by atoms with van der Waals surface area (Å²) in [6.07, 6.45) is 6.29. The number of piperidine rings is 1. The third kappa shape index (κ3) is 3.53. The number of amides is 1. The summed E-state index contributed by atoms with van der Waals surface area (Å²) in [6, 6.07) is 6.47. The Morgan fingerprint density at radius 2 is 2.26 bits per heavy atom. The smallest absolute Gasteiger partial charge is 0.224 e. The fourth-order valence-electron chi connectivity index (χ4n) is 2.68. The first kappa shape index (κ1) is 12.6. The number of pyridine rings is 1. The molecule has 2 fully saturated rings. The van der Waals surface area contributed by atoms with Crippen molar-refractivity contribution in [2.75, 3.05) is 13.1 Å². The van der Waals surface area contributed by atoms with Gasteiger partial charge in [-0.1, -0.05) is 6.07 Å². The van der Waals surface area contributed by atoms with Gasteiger partial charge in [-0.3, -0.25) is 14.7 Å². The van der Waals surface area contributed by atoms with Gasteiger partial charge >= 0.3 is 0 Å². The number of carbonyl (C=O) groups is 1. The Morgan fingerprint density at radius 3 is 3.00 bits per heavy atom. The largest absolute Gasteiger partial charge is 0.353 e. The van der Waals surface area contributed by atoms with Crippen LogP contribution in [0.1, 0.15) is 31.4 Å². The Balaban J connectivity index is 1.53. The van der Waals surface area contributed by atoms with E-state index in [1.807, 2.05) is 24.4 Å². The molecule has 1 saturated heterocycles. The molecule has 0 bridgehead atoms. The molecule has 1 aliphatic carbocycles. The van der Waals surface area contributed by atoms with Crippen molar-refractivity contribution in [2.24, 2.45) is 5.92 Å². The van der Waals surface area contributed by atoms with Gasteiger partial charge in [0.05, 0.1) is 11.6 Å². The molecular formula is C15H21N3O. The van der Waals surface area contributed by atoms with Crippen molar-refractivity contribution in [3.63, 3.8) is 0 Å². The monoisotopic (exact) mass is 259 g/mol. The number of nitrogens with zero attached hydrogens (tertiary/aromatic N) is 2. The number of carbonyl (C=O) groups excluding carboxylic acids is 1. The normalized spacial score (nSPS) is 24.1. The first-order chi connectivity index (χ1) is 9.31. The second kappa shape index (κ2) is 5.70. The topological polar surface area (TPSA) is 45.2 Å². The summed E-state index contributed by atoms with van der Waals surface area (Å²) in [5.74, 6) is 0.422. The molecular weight excluding hydrogens is 238 g/mol. The zero-order valence-corrected chi connectivity index (χ0v) is 11.2. The minimum atomic E-state index is 0.165. The Bertz CT molecular complexity index is 430. The molecule has 4 heteroatoms. The van der Waals surface area contributed by atoms with Crippen LogP contribution in [0.15, 0.2) is 24.4 Å². The fraction of sp³-hybridized carbons (Fsp3) is 0.600. The van der Waals surface area contributed by atoms with Gasteiger partial charge in [-0.2, -0.15) is 0 Å². The van der Waals surface area contributed by atoms with Gasteiger partial charge in [0, 0.05) is 25.3 Å². The van der Waals surface area contributed by atoms with E-state index >= 15 is 0 Å². The number of rotatable bonds is 4. The Hall–Kier alpha value is -1.42. The molecule has 1 unspecified atom stereocenters. The number of aromatic nitrogens is 1. The van der Waals surface area contributed by atoms with Crippen LogP contribution in [-0.2, 0) is 11.3 Å². The highest BCUT2D eigenvalue weighted by atomic mass is 16.2. The van der Waals surface area contributed by atoms with Crippen LogP contribution in [0.2, 0.25) is 0 Å². The summed E-state index contributed by atoms with van der Waals surface area (Å²) in [5, 5.41) is 3.13. The first-order valence-electron chi connectivity index (χ1n) is 7.24. The lowest BCUT2D eigenvalue weighted by Gasteiger charge is -2.31. The predicted octanol–water partition coefficient (Wildman–Crippen LogP) is 1.57. The van der Waals surface area contributed by atoms with E-state index < -0.39 is 0 Å². The molecule has 1 aliphatic heterocycles. The van der Waals surface area contributed by atoms with E-state index in [1.54, 1.807) is 0 Å². The molecule has 1 atom stereocenters. The first-order valence-corrected chi connectivity index (χ1v) is 7.24. The molecule has 3 rings (SSSR count). The summed E-state index contributed by atoms with van der Waals surface area (Å²) in [6.45, 7) is 2.80. The molecule has 19 heavy (non-hydrogen) atoms. The van der Waals surface area contributed by atoms with Crippen LogP contribution in [0.25, 0.3) is 0 Å². The molecule has 0 radical (unpaired) electrons. The minimum Gasteiger partial charge on any atom is -0.353 e. The van der Waals surface area contributed by atoms with Crippen molar-refractivity contribution in [2.45, 2.75) is 38.3 Å². The summed E-state index contributed by atoms with van der Waals surface area (Å²) in [5.41, 5.74) is 1.09. The van der Waals surface area contributed by atoms with Crippen LogP contribution in [-0.4, -0.2) is 34.9 Å². The van der Waals surface area contributed by atoms with E-state index in [0.29, 0.717) is 6.04 Å². The maximum atomic E-state index is 12.1.